The summed E-state index contributed by atoms with van der Waals surface area (Å²) in [6.45, 7) is 12.4. The maximum Gasteiger partial charge on any atom is 0.261 e. The van der Waals surface area contributed by atoms with Gasteiger partial charge in [-0.25, -0.2) is 0 Å². The number of aryl methyl sites for hydroxylation is 2. The fourth-order valence-corrected chi connectivity index (χ4v) is 5.51. The molecule has 5 rings (SSSR count). The summed E-state index contributed by atoms with van der Waals surface area (Å²) in [5.74, 6) is 0.455. The number of nitrogens with zero attached hydrogens (tertiary/aromatic N) is 3. The van der Waals surface area contributed by atoms with Gasteiger partial charge in [-0.15, -0.1) is 0 Å². The average molecular weight is 540 g/mol. The molecule has 0 bridgehead atoms. The predicted molar refractivity (Wildman–Crippen MR) is 156 cm³/mol. The van der Waals surface area contributed by atoms with Gasteiger partial charge in [-0.1, -0.05) is 32.6 Å². The number of ether oxygens (including phenoxy) is 2. The van der Waals surface area contributed by atoms with Crippen molar-refractivity contribution in [2.45, 2.75) is 40.2 Å². The number of imide groups is 1. The summed E-state index contributed by atoms with van der Waals surface area (Å²) in [5.41, 5.74) is 2.62. The number of aromatic nitrogens is 2. The SMILES string of the molecule is C=C(OCC)c1cc2c3ccnc(C)c3c(=O)n(C)c2cc1OCC(CC(C)C)N1C(=O)c2ccccc2C1=O. The van der Waals surface area contributed by atoms with E-state index in [1.54, 1.807) is 48.1 Å². The molecule has 0 spiro atoms. The summed E-state index contributed by atoms with van der Waals surface area (Å²) >= 11 is 0. The van der Waals surface area contributed by atoms with Crippen LogP contribution in [0.25, 0.3) is 27.4 Å². The second-order valence-corrected chi connectivity index (χ2v) is 10.5. The van der Waals surface area contributed by atoms with E-state index >= 15 is 0 Å². The van der Waals surface area contributed by atoms with Gasteiger partial charge in [0.2, 0.25) is 0 Å². The number of pyridine rings is 2. The standard InChI is InChI=1S/C32H33N3O5/c1-7-39-20(5)25-15-26-22-12-13-33-19(4)29(22)32(38)34(6)27(26)16-28(25)40-17-21(14-18(2)3)35-30(36)23-10-8-9-11-24(23)31(35)37/h8-13,15-16,18,21H,5,7,14,17H2,1-4,6H3. The molecular weight excluding hydrogens is 506 g/mol. The third kappa shape index (κ3) is 4.53. The van der Waals surface area contributed by atoms with E-state index in [0.29, 0.717) is 57.8 Å². The zero-order valence-corrected chi connectivity index (χ0v) is 23.5. The Labute approximate surface area is 232 Å². The molecular formula is C32H33N3O5. The molecule has 1 aliphatic rings. The lowest BCUT2D eigenvalue weighted by Crippen LogP contribution is -2.44. The normalized spacial score (nSPS) is 13.8. The second-order valence-electron chi connectivity index (χ2n) is 10.5. The van der Waals surface area contributed by atoms with Gasteiger partial charge in [-0.2, -0.15) is 0 Å². The van der Waals surface area contributed by atoms with E-state index in [2.05, 4.69) is 11.6 Å². The van der Waals surface area contributed by atoms with Crippen molar-refractivity contribution in [1.82, 2.24) is 14.5 Å². The van der Waals surface area contributed by atoms with Gasteiger partial charge in [0.1, 0.15) is 18.1 Å². The lowest BCUT2D eigenvalue weighted by molar-refractivity contribution is 0.0507. The van der Waals surface area contributed by atoms with Crippen LogP contribution in [0, 0.1) is 12.8 Å². The molecule has 2 amide bonds. The molecule has 4 aromatic rings. The van der Waals surface area contributed by atoms with Crippen molar-refractivity contribution in [3.8, 4) is 5.75 Å². The molecule has 2 aromatic heterocycles. The highest BCUT2D eigenvalue weighted by Gasteiger charge is 2.40. The molecule has 40 heavy (non-hydrogen) atoms. The number of carbonyl (C=O) groups excluding carboxylic acids is 2. The minimum Gasteiger partial charge on any atom is -0.494 e. The van der Waals surface area contributed by atoms with E-state index in [9.17, 15) is 14.4 Å². The van der Waals surface area contributed by atoms with Gasteiger partial charge in [0, 0.05) is 24.7 Å². The number of hydrogen-bond donors (Lipinski definition) is 0. The van der Waals surface area contributed by atoms with E-state index in [1.807, 2.05) is 39.8 Å². The number of rotatable bonds is 9. The average Bonchev–Trinajstić information content (AvgIpc) is 3.18. The van der Waals surface area contributed by atoms with E-state index in [0.717, 1.165) is 10.8 Å². The molecule has 0 fully saturated rings. The van der Waals surface area contributed by atoms with E-state index in [4.69, 9.17) is 9.47 Å². The molecule has 206 valence electrons. The summed E-state index contributed by atoms with van der Waals surface area (Å²) in [6, 6.07) is 11.9. The smallest absolute Gasteiger partial charge is 0.261 e. The van der Waals surface area contributed by atoms with Crippen molar-refractivity contribution in [2.75, 3.05) is 13.2 Å². The van der Waals surface area contributed by atoms with Crippen LogP contribution in [-0.2, 0) is 11.8 Å². The molecule has 0 radical (unpaired) electrons. The monoisotopic (exact) mass is 539 g/mol. The van der Waals surface area contributed by atoms with Crippen molar-refractivity contribution >= 4 is 39.2 Å². The number of fused-ring (bicyclic) bond motifs is 4. The molecule has 8 heteroatoms. The first-order valence-corrected chi connectivity index (χ1v) is 13.5. The highest BCUT2D eigenvalue weighted by Crippen LogP contribution is 2.35. The van der Waals surface area contributed by atoms with Gasteiger partial charge in [0.15, 0.2) is 0 Å². The van der Waals surface area contributed by atoms with Gasteiger partial charge in [0.05, 0.1) is 45.9 Å². The van der Waals surface area contributed by atoms with Crippen LogP contribution in [0.4, 0.5) is 0 Å². The minimum atomic E-state index is -0.495. The van der Waals surface area contributed by atoms with Crippen LogP contribution in [0.1, 0.15) is 59.2 Å². The number of amides is 2. The highest BCUT2D eigenvalue weighted by molar-refractivity contribution is 6.21. The van der Waals surface area contributed by atoms with Gasteiger partial charge < -0.3 is 14.0 Å². The van der Waals surface area contributed by atoms with Crippen molar-refractivity contribution in [2.24, 2.45) is 13.0 Å². The molecule has 0 aliphatic carbocycles. The van der Waals surface area contributed by atoms with Crippen LogP contribution >= 0.6 is 0 Å². The maximum atomic E-state index is 13.3. The molecule has 1 aliphatic heterocycles. The Morgan fingerprint density at radius 1 is 1.02 bits per heavy atom. The fourth-order valence-electron chi connectivity index (χ4n) is 5.51. The summed E-state index contributed by atoms with van der Waals surface area (Å²) < 4.78 is 13.8. The maximum absolute atomic E-state index is 13.3. The summed E-state index contributed by atoms with van der Waals surface area (Å²) in [5, 5.41) is 2.18. The van der Waals surface area contributed by atoms with Gasteiger partial charge in [-0.05, 0) is 55.8 Å². The second kappa shape index (κ2) is 10.6. The largest absolute Gasteiger partial charge is 0.494 e. The lowest BCUT2D eigenvalue weighted by Gasteiger charge is -2.28. The van der Waals surface area contributed by atoms with E-state index < -0.39 is 6.04 Å². The Morgan fingerprint density at radius 3 is 2.33 bits per heavy atom. The number of carbonyl (C=O) groups is 2. The quantitative estimate of drug-likeness (QED) is 0.159. The zero-order valence-electron chi connectivity index (χ0n) is 23.5. The molecule has 0 N–H and O–H groups in total. The van der Waals surface area contributed by atoms with Crippen LogP contribution in [-0.4, -0.2) is 45.5 Å². The van der Waals surface area contributed by atoms with Crippen molar-refractivity contribution in [3.05, 3.63) is 88.0 Å². The fraction of sp³-hybridized carbons (Fsp3) is 0.312. The van der Waals surface area contributed by atoms with Gasteiger partial charge >= 0.3 is 0 Å². The Kier molecular flexibility index (Phi) is 7.19. The highest BCUT2D eigenvalue weighted by atomic mass is 16.5. The van der Waals surface area contributed by atoms with Crippen LogP contribution in [0.5, 0.6) is 5.75 Å². The molecule has 1 atom stereocenters. The number of hydrogen-bond acceptors (Lipinski definition) is 6. The third-order valence-electron chi connectivity index (χ3n) is 7.39. The first-order chi connectivity index (χ1) is 19.1. The number of benzene rings is 2. The summed E-state index contributed by atoms with van der Waals surface area (Å²) in [6.07, 6.45) is 2.26. The van der Waals surface area contributed by atoms with Gasteiger partial charge in [0.25, 0.3) is 17.4 Å². The lowest BCUT2D eigenvalue weighted by atomic mass is 10.0. The van der Waals surface area contributed by atoms with Crippen molar-refractivity contribution < 1.29 is 19.1 Å². The van der Waals surface area contributed by atoms with E-state index in [1.165, 1.54) is 4.90 Å². The first kappa shape index (κ1) is 27.1. The molecule has 3 heterocycles. The van der Waals surface area contributed by atoms with Crippen LogP contribution in [0.2, 0.25) is 0 Å². The zero-order chi connectivity index (χ0) is 28.7. The Balaban J connectivity index is 1.60. The topological polar surface area (TPSA) is 90.7 Å². The van der Waals surface area contributed by atoms with Crippen molar-refractivity contribution in [1.29, 1.82) is 0 Å². The molecule has 8 nitrogen and oxygen atoms in total. The molecule has 0 saturated heterocycles. The molecule has 2 aromatic carbocycles. The first-order valence-electron chi connectivity index (χ1n) is 13.5. The van der Waals surface area contributed by atoms with Gasteiger partial charge in [-0.3, -0.25) is 24.3 Å². The Morgan fingerprint density at radius 2 is 1.70 bits per heavy atom. The third-order valence-corrected chi connectivity index (χ3v) is 7.39. The van der Waals surface area contributed by atoms with E-state index in [-0.39, 0.29) is 29.9 Å². The van der Waals surface area contributed by atoms with Crippen molar-refractivity contribution in [3.63, 3.8) is 0 Å². The predicted octanol–water partition coefficient (Wildman–Crippen LogP) is 5.49. The minimum absolute atomic E-state index is 0.0755. The molecule has 1 unspecified atom stereocenters. The Hall–Kier alpha value is -4.46. The van der Waals surface area contributed by atoms with Crippen LogP contribution in [0.15, 0.2) is 60.0 Å². The van der Waals surface area contributed by atoms with Crippen LogP contribution in [0.3, 0.4) is 0 Å². The Bertz CT molecular complexity index is 1700. The summed E-state index contributed by atoms with van der Waals surface area (Å²) in [4.78, 5) is 45.5. The molecule has 0 saturated carbocycles. The summed E-state index contributed by atoms with van der Waals surface area (Å²) in [7, 11) is 1.72. The van der Waals surface area contributed by atoms with Crippen LogP contribution < -0.4 is 10.3 Å².